The zero-order chi connectivity index (χ0) is 11.3. The molecule has 0 N–H and O–H groups in total. The molecule has 2 rings (SSSR count). The monoisotopic (exact) mass is 215 g/mol. The number of ether oxygens (including phenoxy) is 2. The van der Waals surface area contributed by atoms with Crippen LogP contribution in [0.1, 0.15) is 20.8 Å². The van der Waals surface area contributed by atoms with Gasteiger partial charge in [0.05, 0.1) is 25.9 Å². The molecule has 2 aliphatic rings. The SMILES string of the molecule is COC(=O)[C@@H]1CON2C(C)(C)CO[C@]12C. The highest BCUT2D eigenvalue weighted by Crippen LogP contribution is 2.44. The molecule has 2 atom stereocenters. The van der Waals surface area contributed by atoms with Crippen LogP contribution in [0.4, 0.5) is 0 Å². The van der Waals surface area contributed by atoms with Crippen molar-refractivity contribution in [3.63, 3.8) is 0 Å². The Kier molecular flexibility index (Phi) is 2.29. The number of hydrogen-bond acceptors (Lipinski definition) is 5. The van der Waals surface area contributed by atoms with Crippen molar-refractivity contribution in [1.82, 2.24) is 5.06 Å². The molecular weight excluding hydrogens is 198 g/mol. The predicted octanol–water partition coefficient (Wildman–Crippen LogP) is 0.548. The molecule has 15 heavy (non-hydrogen) atoms. The molecule has 2 aliphatic heterocycles. The minimum absolute atomic E-state index is 0.197. The number of fused-ring (bicyclic) bond motifs is 1. The van der Waals surface area contributed by atoms with Crippen LogP contribution in [-0.4, -0.2) is 42.6 Å². The van der Waals surface area contributed by atoms with Crippen molar-refractivity contribution in [1.29, 1.82) is 0 Å². The Labute approximate surface area is 89.2 Å². The third-order valence-corrected chi connectivity index (χ3v) is 3.17. The fraction of sp³-hybridized carbons (Fsp3) is 0.900. The summed E-state index contributed by atoms with van der Waals surface area (Å²) >= 11 is 0. The van der Waals surface area contributed by atoms with Crippen molar-refractivity contribution in [3.8, 4) is 0 Å². The predicted molar refractivity (Wildman–Crippen MR) is 51.7 cm³/mol. The van der Waals surface area contributed by atoms with Crippen molar-refractivity contribution in [2.75, 3.05) is 20.3 Å². The summed E-state index contributed by atoms with van der Waals surface area (Å²) in [5.41, 5.74) is -0.881. The largest absolute Gasteiger partial charge is 0.469 e. The molecule has 0 aliphatic carbocycles. The minimum Gasteiger partial charge on any atom is -0.469 e. The minimum atomic E-state index is -0.684. The lowest BCUT2D eigenvalue weighted by atomic mass is 9.98. The molecule has 5 heteroatoms. The second-order valence-corrected chi connectivity index (χ2v) is 4.82. The summed E-state index contributed by atoms with van der Waals surface area (Å²) < 4.78 is 10.5. The highest BCUT2D eigenvalue weighted by atomic mass is 16.8. The average molecular weight is 215 g/mol. The zero-order valence-electron chi connectivity index (χ0n) is 9.57. The van der Waals surface area contributed by atoms with Gasteiger partial charge in [-0.2, -0.15) is 0 Å². The number of carbonyl (C=O) groups excluding carboxylic acids is 1. The molecular formula is C10H17NO4. The first-order valence-electron chi connectivity index (χ1n) is 5.07. The first-order valence-corrected chi connectivity index (χ1v) is 5.07. The Bertz CT molecular complexity index is 291. The quantitative estimate of drug-likeness (QED) is 0.598. The fourth-order valence-electron chi connectivity index (χ4n) is 2.32. The maximum absolute atomic E-state index is 11.6. The van der Waals surface area contributed by atoms with Crippen LogP contribution in [-0.2, 0) is 19.1 Å². The topological polar surface area (TPSA) is 48.0 Å². The molecule has 0 unspecified atom stereocenters. The smallest absolute Gasteiger partial charge is 0.315 e. The lowest BCUT2D eigenvalue weighted by Crippen LogP contribution is -2.49. The van der Waals surface area contributed by atoms with E-state index < -0.39 is 5.72 Å². The fourth-order valence-corrected chi connectivity index (χ4v) is 2.32. The molecule has 0 aromatic carbocycles. The molecule has 86 valence electrons. The Hall–Kier alpha value is -0.650. The summed E-state index contributed by atoms with van der Waals surface area (Å²) in [5, 5.41) is 1.78. The summed E-state index contributed by atoms with van der Waals surface area (Å²) in [6, 6.07) is 0. The number of hydroxylamine groups is 2. The van der Waals surface area contributed by atoms with Crippen LogP contribution in [0.15, 0.2) is 0 Å². The Balaban J connectivity index is 2.26. The number of carbonyl (C=O) groups is 1. The van der Waals surface area contributed by atoms with Gasteiger partial charge in [-0.1, -0.05) is 0 Å². The summed E-state index contributed by atoms with van der Waals surface area (Å²) in [6.07, 6.45) is 0. The number of hydrogen-bond donors (Lipinski definition) is 0. The summed E-state index contributed by atoms with van der Waals surface area (Å²) in [6.45, 7) is 6.80. The zero-order valence-corrected chi connectivity index (χ0v) is 9.57. The van der Waals surface area contributed by atoms with Gasteiger partial charge in [0.2, 0.25) is 0 Å². The number of methoxy groups -OCH3 is 1. The van der Waals surface area contributed by atoms with Crippen LogP contribution in [0.2, 0.25) is 0 Å². The van der Waals surface area contributed by atoms with Crippen LogP contribution in [0.3, 0.4) is 0 Å². The highest BCUT2D eigenvalue weighted by molar-refractivity contribution is 5.74. The molecule has 5 nitrogen and oxygen atoms in total. The number of rotatable bonds is 1. The summed E-state index contributed by atoms with van der Waals surface area (Å²) in [4.78, 5) is 17.1. The van der Waals surface area contributed by atoms with Gasteiger partial charge in [0.15, 0.2) is 5.72 Å². The maximum Gasteiger partial charge on any atom is 0.315 e. The highest BCUT2D eigenvalue weighted by Gasteiger charge is 2.61. The molecule has 2 heterocycles. The van der Waals surface area contributed by atoms with E-state index in [1.165, 1.54) is 7.11 Å². The maximum atomic E-state index is 11.6. The van der Waals surface area contributed by atoms with Crippen LogP contribution < -0.4 is 0 Å². The van der Waals surface area contributed by atoms with E-state index in [2.05, 4.69) is 0 Å². The molecule has 0 aromatic heterocycles. The molecule has 0 saturated carbocycles. The second-order valence-electron chi connectivity index (χ2n) is 4.82. The van der Waals surface area contributed by atoms with E-state index in [0.29, 0.717) is 13.2 Å². The van der Waals surface area contributed by atoms with Crippen LogP contribution >= 0.6 is 0 Å². The van der Waals surface area contributed by atoms with Gasteiger partial charge in [0.1, 0.15) is 5.92 Å². The molecule has 2 fully saturated rings. The van der Waals surface area contributed by atoms with Crippen molar-refractivity contribution in [2.45, 2.75) is 32.0 Å². The van der Waals surface area contributed by atoms with Crippen molar-refractivity contribution < 1.29 is 19.1 Å². The number of esters is 1. The van der Waals surface area contributed by atoms with Gasteiger partial charge in [-0.15, -0.1) is 5.06 Å². The van der Waals surface area contributed by atoms with Crippen molar-refractivity contribution in [2.24, 2.45) is 5.92 Å². The van der Waals surface area contributed by atoms with Crippen LogP contribution in [0.25, 0.3) is 0 Å². The Morgan fingerprint density at radius 2 is 2.13 bits per heavy atom. The normalized spacial score (nSPS) is 39.1. The third-order valence-electron chi connectivity index (χ3n) is 3.17. The van der Waals surface area contributed by atoms with E-state index in [4.69, 9.17) is 14.3 Å². The molecule has 0 radical (unpaired) electrons. The van der Waals surface area contributed by atoms with Crippen molar-refractivity contribution in [3.05, 3.63) is 0 Å². The van der Waals surface area contributed by atoms with Gasteiger partial charge in [0, 0.05) is 0 Å². The van der Waals surface area contributed by atoms with Crippen LogP contribution in [0, 0.1) is 5.92 Å². The van der Waals surface area contributed by atoms with Gasteiger partial charge in [-0.25, -0.2) is 0 Å². The molecule has 0 bridgehead atoms. The standard InChI is InChI=1S/C10H17NO4/c1-9(2)6-14-10(3)7(8(12)13-4)5-15-11(9)10/h7H,5-6H2,1-4H3/t7-,10+/m0/s1. The summed E-state index contributed by atoms with van der Waals surface area (Å²) in [7, 11) is 1.38. The van der Waals surface area contributed by atoms with Gasteiger partial charge in [-0.3, -0.25) is 9.63 Å². The molecule has 0 spiro atoms. The second kappa shape index (κ2) is 3.17. The van der Waals surface area contributed by atoms with Gasteiger partial charge >= 0.3 is 5.97 Å². The van der Waals surface area contributed by atoms with E-state index in [-0.39, 0.29) is 17.4 Å². The Morgan fingerprint density at radius 1 is 1.47 bits per heavy atom. The van der Waals surface area contributed by atoms with E-state index in [1.807, 2.05) is 20.8 Å². The average Bonchev–Trinajstić information content (AvgIpc) is 2.63. The summed E-state index contributed by atoms with van der Waals surface area (Å²) in [5.74, 6) is -0.651. The van der Waals surface area contributed by atoms with Gasteiger partial charge < -0.3 is 9.47 Å². The Morgan fingerprint density at radius 3 is 2.73 bits per heavy atom. The number of nitrogens with zero attached hydrogens (tertiary/aromatic N) is 1. The van der Waals surface area contributed by atoms with E-state index >= 15 is 0 Å². The van der Waals surface area contributed by atoms with Gasteiger partial charge in [-0.05, 0) is 20.8 Å². The first-order chi connectivity index (χ1) is 6.92. The van der Waals surface area contributed by atoms with E-state index in [0.717, 1.165) is 0 Å². The third kappa shape index (κ3) is 1.38. The van der Waals surface area contributed by atoms with E-state index in [1.54, 1.807) is 5.06 Å². The van der Waals surface area contributed by atoms with Crippen molar-refractivity contribution >= 4 is 5.97 Å². The van der Waals surface area contributed by atoms with E-state index in [9.17, 15) is 4.79 Å². The van der Waals surface area contributed by atoms with Crippen LogP contribution in [0.5, 0.6) is 0 Å². The molecule has 2 saturated heterocycles. The molecule has 0 aromatic rings. The molecule has 0 amide bonds. The lowest BCUT2D eigenvalue weighted by Gasteiger charge is -2.32. The first kappa shape index (κ1) is 10.9. The van der Waals surface area contributed by atoms with Gasteiger partial charge in [0.25, 0.3) is 0 Å². The lowest BCUT2D eigenvalue weighted by molar-refractivity contribution is -0.223.